The normalized spacial score (nSPS) is 31.1. The third-order valence-corrected chi connectivity index (χ3v) is 9.81. The van der Waals surface area contributed by atoms with Crippen molar-refractivity contribution in [3.05, 3.63) is 54.1 Å². The van der Waals surface area contributed by atoms with Crippen molar-refractivity contribution in [3.8, 4) is 11.5 Å². The molecule has 5 rings (SSSR count). The lowest BCUT2D eigenvalue weighted by Crippen LogP contribution is -2.37. The number of amides is 2. The van der Waals surface area contributed by atoms with E-state index in [9.17, 15) is 14.4 Å². The highest BCUT2D eigenvalue weighted by Gasteiger charge is 2.66. The fraction of sp³-hybridized carbons (Fsp3) is 0.348. The number of hydrogen-bond acceptors (Lipinski definition) is 5. The van der Waals surface area contributed by atoms with Crippen LogP contribution < -0.4 is 14.4 Å². The number of fused-ring (bicyclic) bond motifs is 5. The summed E-state index contributed by atoms with van der Waals surface area (Å²) in [5.41, 5.74) is 0.716. The van der Waals surface area contributed by atoms with E-state index in [2.05, 4.69) is 31.9 Å². The van der Waals surface area contributed by atoms with Crippen LogP contribution in [0.25, 0.3) is 0 Å². The maximum atomic E-state index is 13.2. The molecule has 8 heteroatoms. The number of hydrogen-bond donors (Lipinski definition) is 0. The van der Waals surface area contributed by atoms with Crippen LogP contribution in [0.2, 0.25) is 0 Å². The van der Waals surface area contributed by atoms with Gasteiger partial charge in [-0.05, 0) is 42.5 Å². The Labute approximate surface area is 196 Å². The number of ether oxygens (including phenoxy) is 2. The van der Waals surface area contributed by atoms with E-state index in [0.717, 1.165) is 6.42 Å². The molecule has 2 aromatic carbocycles. The van der Waals surface area contributed by atoms with E-state index in [4.69, 9.17) is 9.47 Å². The summed E-state index contributed by atoms with van der Waals surface area (Å²) in [6.07, 6.45) is 0.878. The Kier molecular flexibility index (Phi) is 5.17. The molecule has 31 heavy (non-hydrogen) atoms. The molecule has 0 N–H and O–H groups in total. The van der Waals surface area contributed by atoms with E-state index in [1.54, 1.807) is 48.5 Å². The Hall–Kier alpha value is -2.19. The van der Waals surface area contributed by atoms with Crippen molar-refractivity contribution in [2.75, 3.05) is 12.0 Å². The highest BCUT2D eigenvalue weighted by Crippen LogP contribution is 2.60. The highest BCUT2D eigenvalue weighted by molar-refractivity contribution is 9.12. The van der Waals surface area contributed by atoms with Crippen molar-refractivity contribution in [2.45, 2.75) is 16.1 Å². The number of carbonyl (C=O) groups is 3. The standard InChI is InChI=1S/C23H19Br2NO5/c1-30-16-8-3-2-7-13(16)23(29)31-12-6-4-5-11(9-12)26-21(27)17-14-10-15(18(17)22(26)28)20(25)19(14)24/h2-9,14-15,17-20H,10H2,1H3/t14-,15-,17-,18-,19-,20+/m1/s1. The van der Waals surface area contributed by atoms with Crippen LogP contribution in [0.15, 0.2) is 48.5 Å². The number of rotatable bonds is 4. The lowest BCUT2D eigenvalue weighted by molar-refractivity contribution is -0.123. The summed E-state index contributed by atoms with van der Waals surface area (Å²) >= 11 is 7.39. The average molecular weight is 549 g/mol. The van der Waals surface area contributed by atoms with Crippen LogP contribution in [0, 0.1) is 23.7 Å². The largest absolute Gasteiger partial charge is 0.496 e. The number of esters is 1. The molecule has 0 unspecified atom stereocenters. The predicted molar refractivity (Wildman–Crippen MR) is 121 cm³/mol. The van der Waals surface area contributed by atoms with Gasteiger partial charge in [-0.25, -0.2) is 9.69 Å². The smallest absolute Gasteiger partial charge is 0.347 e. The Morgan fingerprint density at radius 3 is 2.26 bits per heavy atom. The Morgan fingerprint density at radius 1 is 0.968 bits per heavy atom. The summed E-state index contributed by atoms with van der Waals surface area (Å²) < 4.78 is 10.7. The summed E-state index contributed by atoms with van der Waals surface area (Å²) in [5.74, 6) is -0.547. The van der Waals surface area contributed by atoms with Gasteiger partial charge in [-0.1, -0.05) is 50.1 Å². The zero-order valence-corrected chi connectivity index (χ0v) is 19.7. The van der Waals surface area contributed by atoms with Gasteiger partial charge in [0.25, 0.3) is 0 Å². The van der Waals surface area contributed by atoms with Crippen LogP contribution in [0.4, 0.5) is 5.69 Å². The molecule has 3 aliphatic rings. The maximum absolute atomic E-state index is 13.2. The molecule has 2 bridgehead atoms. The lowest BCUT2D eigenvalue weighted by Gasteiger charge is -2.28. The quantitative estimate of drug-likeness (QED) is 0.248. The van der Waals surface area contributed by atoms with Crippen LogP contribution in [0.1, 0.15) is 16.8 Å². The van der Waals surface area contributed by atoms with Gasteiger partial charge in [-0.3, -0.25) is 9.59 Å². The van der Waals surface area contributed by atoms with E-state index >= 15 is 0 Å². The second-order valence-corrected chi connectivity index (χ2v) is 10.2. The van der Waals surface area contributed by atoms with Crippen molar-refractivity contribution in [3.63, 3.8) is 0 Å². The van der Waals surface area contributed by atoms with Gasteiger partial charge in [0.1, 0.15) is 17.1 Å². The van der Waals surface area contributed by atoms with Gasteiger partial charge >= 0.3 is 5.97 Å². The Bertz CT molecular complexity index is 1060. The first-order valence-electron chi connectivity index (χ1n) is 10.0. The Morgan fingerprint density at radius 2 is 1.61 bits per heavy atom. The van der Waals surface area contributed by atoms with E-state index in [0.29, 0.717) is 17.0 Å². The summed E-state index contributed by atoms with van der Waals surface area (Å²) in [5, 5.41) is 0. The number of imide groups is 1. The molecular formula is C23H19Br2NO5. The van der Waals surface area contributed by atoms with E-state index < -0.39 is 5.97 Å². The number of halogens is 2. The first-order valence-corrected chi connectivity index (χ1v) is 11.9. The molecule has 2 aliphatic carbocycles. The molecule has 2 saturated carbocycles. The monoisotopic (exact) mass is 547 g/mol. The number of carbonyl (C=O) groups excluding carboxylic acids is 3. The fourth-order valence-corrected chi connectivity index (χ4v) is 7.14. The molecule has 6 nitrogen and oxygen atoms in total. The molecule has 0 spiro atoms. The molecule has 3 fully saturated rings. The first kappa shape index (κ1) is 20.7. The third kappa shape index (κ3) is 3.14. The van der Waals surface area contributed by atoms with Crippen LogP contribution in [-0.2, 0) is 9.59 Å². The van der Waals surface area contributed by atoms with E-state index in [1.807, 2.05) is 0 Å². The van der Waals surface area contributed by atoms with Crippen LogP contribution in [-0.4, -0.2) is 34.5 Å². The van der Waals surface area contributed by atoms with E-state index in [-0.39, 0.29) is 50.9 Å². The second-order valence-electron chi connectivity index (χ2n) is 8.10. The molecule has 2 amide bonds. The maximum Gasteiger partial charge on any atom is 0.347 e. The highest BCUT2D eigenvalue weighted by atomic mass is 79.9. The van der Waals surface area contributed by atoms with Gasteiger partial charge in [-0.15, -0.1) is 0 Å². The van der Waals surface area contributed by atoms with Crippen molar-refractivity contribution in [1.82, 2.24) is 0 Å². The zero-order valence-electron chi connectivity index (χ0n) is 16.5. The third-order valence-electron chi connectivity index (χ3n) is 6.60. The van der Waals surface area contributed by atoms with Gasteiger partial charge in [0, 0.05) is 15.7 Å². The number of alkyl halides is 2. The average Bonchev–Trinajstić information content (AvgIpc) is 3.38. The minimum Gasteiger partial charge on any atom is -0.496 e. The molecule has 1 aliphatic heterocycles. The second kappa shape index (κ2) is 7.74. The van der Waals surface area contributed by atoms with Crippen molar-refractivity contribution in [2.24, 2.45) is 23.7 Å². The van der Waals surface area contributed by atoms with Gasteiger partial charge in [0.05, 0.1) is 24.6 Å². The SMILES string of the molecule is COc1ccccc1C(=O)Oc1cccc(N2C(=O)[C@@H]3[C@H]4C[C@@H]([C@@H](Br)[C@H]4Br)[C@H]3C2=O)c1. The fourth-order valence-electron chi connectivity index (χ4n) is 5.26. The molecule has 1 saturated heterocycles. The van der Waals surface area contributed by atoms with E-state index in [1.165, 1.54) is 12.0 Å². The lowest BCUT2D eigenvalue weighted by atomic mass is 9.81. The molecular weight excluding hydrogens is 530 g/mol. The van der Waals surface area contributed by atoms with Crippen LogP contribution in [0.3, 0.4) is 0 Å². The topological polar surface area (TPSA) is 72.9 Å². The van der Waals surface area contributed by atoms with Crippen LogP contribution >= 0.6 is 31.9 Å². The summed E-state index contributed by atoms with van der Waals surface area (Å²) in [4.78, 5) is 40.7. The first-order chi connectivity index (χ1) is 14.9. The molecule has 2 aromatic rings. The van der Waals surface area contributed by atoms with Crippen molar-refractivity contribution < 1.29 is 23.9 Å². The van der Waals surface area contributed by atoms with Gasteiger partial charge in [0.15, 0.2) is 0 Å². The van der Waals surface area contributed by atoms with Crippen molar-refractivity contribution in [1.29, 1.82) is 0 Å². The summed E-state index contributed by atoms with van der Waals surface area (Å²) in [7, 11) is 1.48. The molecule has 0 radical (unpaired) electrons. The molecule has 0 aromatic heterocycles. The number of methoxy groups -OCH3 is 1. The summed E-state index contributed by atoms with van der Waals surface area (Å²) in [6, 6.07) is 13.3. The molecule has 1 heterocycles. The minimum absolute atomic E-state index is 0.146. The number of benzene rings is 2. The zero-order chi connectivity index (χ0) is 21.9. The molecule has 6 atom stereocenters. The Balaban J connectivity index is 1.40. The van der Waals surface area contributed by atoms with Gasteiger partial charge in [0.2, 0.25) is 11.8 Å². The molecule has 160 valence electrons. The number of nitrogens with zero attached hydrogens (tertiary/aromatic N) is 1. The minimum atomic E-state index is -0.576. The number of anilines is 1. The number of para-hydroxylation sites is 1. The predicted octanol–water partition coefficient (Wildman–Crippen LogP) is 4.20. The van der Waals surface area contributed by atoms with Gasteiger partial charge in [-0.2, -0.15) is 0 Å². The van der Waals surface area contributed by atoms with Crippen LogP contribution in [0.5, 0.6) is 11.5 Å². The van der Waals surface area contributed by atoms with Crippen molar-refractivity contribution >= 4 is 55.3 Å². The van der Waals surface area contributed by atoms with Gasteiger partial charge < -0.3 is 9.47 Å². The summed E-state index contributed by atoms with van der Waals surface area (Å²) in [6.45, 7) is 0.